The molecule has 1 saturated carbocycles. The minimum absolute atomic E-state index is 0.115. The summed E-state index contributed by atoms with van der Waals surface area (Å²) in [5.41, 5.74) is 1.53. The fourth-order valence-electron chi connectivity index (χ4n) is 3.56. The number of anilines is 3. The number of benzene rings is 1. The lowest BCUT2D eigenvalue weighted by molar-refractivity contribution is -0.131. The van der Waals surface area contributed by atoms with Crippen LogP contribution in [0.3, 0.4) is 0 Å². The van der Waals surface area contributed by atoms with E-state index in [1.54, 1.807) is 0 Å². The fraction of sp³-hybridized carbons (Fsp3) is 0.500. The molecule has 0 radical (unpaired) electrons. The van der Waals surface area contributed by atoms with Crippen LogP contribution < -0.4 is 10.6 Å². The van der Waals surface area contributed by atoms with Crippen molar-refractivity contribution in [3.05, 3.63) is 24.3 Å². The van der Waals surface area contributed by atoms with Crippen LogP contribution in [0.1, 0.15) is 46.0 Å². The van der Waals surface area contributed by atoms with Crippen molar-refractivity contribution in [1.29, 1.82) is 0 Å². The highest BCUT2D eigenvalue weighted by Crippen LogP contribution is 2.29. The van der Waals surface area contributed by atoms with E-state index < -0.39 is 0 Å². The minimum Gasteiger partial charge on any atom is -0.339 e. The lowest BCUT2D eigenvalue weighted by Crippen LogP contribution is -2.42. The van der Waals surface area contributed by atoms with Gasteiger partial charge in [0.2, 0.25) is 16.9 Å². The Hall–Kier alpha value is -2.13. The zero-order valence-corrected chi connectivity index (χ0v) is 18.4. The van der Waals surface area contributed by atoms with Crippen LogP contribution in [0.15, 0.2) is 28.6 Å². The van der Waals surface area contributed by atoms with E-state index in [9.17, 15) is 9.59 Å². The number of aromatic nitrogens is 2. The van der Waals surface area contributed by atoms with Gasteiger partial charge in [0, 0.05) is 30.9 Å². The molecule has 0 saturated heterocycles. The molecule has 0 unspecified atom stereocenters. The molecule has 7 nitrogen and oxygen atoms in total. The van der Waals surface area contributed by atoms with Crippen LogP contribution >= 0.6 is 23.1 Å². The number of rotatable bonds is 8. The maximum absolute atomic E-state index is 12.7. The fourth-order valence-corrected chi connectivity index (χ4v) is 5.22. The van der Waals surface area contributed by atoms with Crippen molar-refractivity contribution in [3.63, 3.8) is 0 Å². The molecule has 156 valence electrons. The second-order valence-corrected chi connectivity index (χ2v) is 9.22. The first-order valence-corrected chi connectivity index (χ1v) is 11.8. The van der Waals surface area contributed by atoms with E-state index in [1.807, 2.05) is 29.2 Å². The van der Waals surface area contributed by atoms with Gasteiger partial charge in [-0.3, -0.25) is 9.59 Å². The van der Waals surface area contributed by atoms with E-state index in [-0.39, 0.29) is 11.8 Å². The molecule has 1 aliphatic rings. The van der Waals surface area contributed by atoms with Gasteiger partial charge in [-0.05, 0) is 38.0 Å². The first kappa shape index (κ1) is 21.6. The van der Waals surface area contributed by atoms with Gasteiger partial charge in [-0.2, -0.15) is 0 Å². The smallest absolute Gasteiger partial charge is 0.233 e. The van der Waals surface area contributed by atoms with Crippen molar-refractivity contribution in [1.82, 2.24) is 15.1 Å². The normalized spacial score (nSPS) is 14.4. The van der Waals surface area contributed by atoms with Gasteiger partial charge in [0.05, 0.1) is 5.75 Å². The van der Waals surface area contributed by atoms with E-state index in [2.05, 4.69) is 27.8 Å². The number of hydrogen-bond donors (Lipinski definition) is 2. The van der Waals surface area contributed by atoms with Gasteiger partial charge >= 0.3 is 0 Å². The minimum atomic E-state index is -0.115. The Kier molecular flexibility index (Phi) is 7.88. The molecule has 3 rings (SSSR count). The van der Waals surface area contributed by atoms with Crippen LogP contribution in [0.2, 0.25) is 0 Å². The Morgan fingerprint density at radius 1 is 1.21 bits per heavy atom. The summed E-state index contributed by atoms with van der Waals surface area (Å²) in [6.07, 6.45) is 5.96. The average molecular weight is 434 g/mol. The summed E-state index contributed by atoms with van der Waals surface area (Å²) < 4.78 is 0.763. The molecule has 9 heteroatoms. The molecular weight excluding hydrogens is 406 g/mol. The van der Waals surface area contributed by atoms with E-state index in [4.69, 9.17) is 0 Å². The summed E-state index contributed by atoms with van der Waals surface area (Å²) in [5, 5.41) is 14.9. The molecule has 1 heterocycles. The highest BCUT2D eigenvalue weighted by Gasteiger charge is 2.24. The van der Waals surface area contributed by atoms with Gasteiger partial charge in [-0.1, -0.05) is 48.4 Å². The molecule has 0 bridgehead atoms. The number of carbonyl (C=O) groups excluding carboxylic acids is 2. The van der Waals surface area contributed by atoms with Crippen molar-refractivity contribution in [2.45, 2.75) is 56.3 Å². The Balaban J connectivity index is 1.53. The zero-order valence-electron chi connectivity index (χ0n) is 16.8. The van der Waals surface area contributed by atoms with Crippen LogP contribution in [-0.2, 0) is 9.59 Å². The molecule has 2 N–H and O–H groups in total. The SMILES string of the molecule is CCN(C(=O)CSc1nnc(Nc2cccc(NC(C)=O)c2)s1)C1CCCCC1. The topological polar surface area (TPSA) is 87.2 Å². The van der Waals surface area contributed by atoms with Crippen LogP contribution in [0.5, 0.6) is 0 Å². The summed E-state index contributed by atoms with van der Waals surface area (Å²) in [6, 6.07) is 7.80. The Morgan fingerprint density at radius 2 is 1.97 bits per heavy atom. The first-order chi connectivity index (χ1) is 14.0. The predicted molar refractivity (Wildman–Crippen MR) is 119 cm³/mol. The molecular formula is C20H27N5O2S2. The van der Waals surface area contributed by atoms with E-state index in [0.717, 1.165) is 35.1 Å². The summed E-state index contributed by atoms with van der Waals surface area (Å²) in [6.45, 7) is 4.29. The molecule has 1 aromatic heterocycles. The molecule has 2 aromatic rings. The standard InChI is InChI=1S/C20H27N5O2S2/c1-3-25(17-10-5-4-6-11-17)18(27)13-28-20-24-23-19(29-20)22-16-9-7-8-15(12-16)21-14(2)26/h7-9,12,17H,3-6,10-11,13H2,1-2H3,(H,21,26)(H,22,23). The third-order valence-electron chi connectivity index (χ3n) is 4.84. The number of hydrogen-bond acceptors (Lipinski definition) is 7. The van der Waals surface area contributed by atoms with Crippen molar-refractivity contribution < 1.29 is 9.59 Å². The lowest BCUT2D eigenvalue weighted by atomic mass is 9.94. The zero-order chi connectivity index (χ0) is 20.6. The second-order valence-electron chi connectivity index (χ2n) is 7.02. The largest absolute Gasteiger partial charge is 0.339 e. The molecule has 0 spiro atoms. The summed E-state index contributed by atoms with van der Waals surface area (Å²) in [5.74, 6) is 0.449. The Labute approximate surface area is 179 Å². The number of nitrogens with one attached hydrogen (secondary N) is 2. The molecule has 1 fully saturated rings. The number of thioether (sulfide) groups is 1. The first-order valence-electron chi connectivity index (χ1n) is 9.95. The van der Waals surface area contributed by atoms with Gasteiger partial charge < -0.3 is 15.5 Å². The number of amides is 2. The van der Waals surface area contributed by atoms with Crippen molar-refractivity contribution >= 4 is 51.4 Å². The van der Waals surface area contributed by atoms with Crippen LogP contribution in [-0.4, -0.2) is 45.3 Å². The quantitative estimate of drug-likeness (QED) is 0.596. The second kappa shape index (κ2) is 10.6. The Bertz CT molecular complexity index is 836. The third kappa shape index (κ3) is 6.43. The summed E-state index contributed by atoms with van der Waals surface area (Å²) >= 11 is 2.85. The van der Waals surface area contributed by atoms with Gasteiger partial charge in [0.15, 0.2) is 4.34 Å². The van der Waals surface area contributed by atoms with Crippen molar-refractivity contribution in [2.75, 3.05) is 22.9 Å². The van der Waals surface area contributed by atoms with E-state index >= 15 is 0 Å². The van der Waals surface area contributed by atoms with Gasteiger partial charge in [-0.15, -0.1) is 10.2 Å². The molecule has 2 amide bonds. The number of carbonyl (C=O) groups is 2. The van der Waals surface area contributed by atoms with E-state index in [1.165, 1.54) is 49.3 Å². The molecule has 1 aliphatic carbocycles. The average Bonchev–Trinajstić information content (AvgIpc) is 3.15. The highest BCUT2D eigenvalue weighted by atomic mass is 32.2. The van der Waals surface area contributed by atoms with Crippen molar-refractivity contribution in [2.24, 2.45) is 0 Å². The maximum atomic E-state index is 12.7. The van der Waals surface area contributed by atoms with Crippen LogP contribution in [0.25, 0.3) is 0 Å². The van der Waals surface area contributed by atoms with Crippen molar-refractivity contribution in [3.8, 4) is 0 Å². The highest BCUT2D eigenvalue weighted by molar-refractivity contribution is 8.01. The number of nitrogens with zero attached hydrogens (tertiary/aromatic N) is 3. The lowest BCUT2D eigenvalue weighted by Gasteiger charge is -2.33. The summed E-state index contributed by atoms with van der Waals surface area (Å²) in [4.78, 5) is 25.9. The van der Waals surface area contributed by atoms with Crippen LogP contribution in [0.4, 0.5) is 16.5 Å². The van der Waals surface area contributed by atoms with Crippen LogP contribution in [0, 0.1) is 0 Å². The molecule has 1 aromatic carbocycles. The molecule has 0 aliphatic heterocycles. The van der Waals surface area contributed by atoms with E-state index in [0.29, 0.717) is 16.9 Å². The Morgan fingerprint density at radius 3 is 2.69 bits per heavy atom. The maximum Gasteiger partial charge on any atom is 0.233 e. The predicted octanol–water partition coefficient (Wildman–Crippen LogP) is 4.51. The molecule has 29 heavy (non-hydrogen) atoms. The molecule has 0 atom stereocenters. The van der Waals surface area contributed by atoms with Gasteiger partial charge in [-0.25, -0.2) is 0 Å². The monoisotopic (exact) mass is 433 g/mol. The van der Waals surface area contributed by atoms with Gasteiger partial charge in [0.1, 0.15) is 0 Å². The third-order valence-corrected chi connectivity index (χ3v) is 6.79. The van der Waals surface area contributed by atoms with Gasteiger partial charge in [0.25, 0.3) is 0 Å². The summed E-state index contributed by atoms with van der Waals surface area (Å²) in [7, 11) is 0.